The molecule has 0 aliphatic carbocycles. The second kappa shape index (κ2) is 6.71. The van der Waals surface area contributed by atoms with Gasteiger partial charge in [-0.1, -0.05) is 32.0 Å². The van der Waals surface area contributed by atoms with E-state index in [2.05, 4.69) is 39.9 Å². The largest absolute Gasteiger partial charge is 0.389 e. The van der Waals surface area contributed by atoms with Gasteiger partial charge in [-0.15, -0.1) is 0 Å². The van der Waals surface area contributed by atoms with Crippen molar-refractivity contribution in [2.24, 2.45) is 11.7 Å². The Kier molecular flexibility index (Phi) is 5.22. The Morgan fingerprint density at radius 2 is 2.11 bits per heavy atom. The van der Waals surface area contributed by atoms with Gasteiger partial charge in [0.25, 0.3) is 0 Å². The van der Waals surface area contributed by atoms with E-state index in [-0.39, 0.29) is 0 Å². The monoisotopic (exact) mass is 340 g/mol. The Hall–Kier alpha value is -0.610. The van der Waals surface area contributed by atoms with E-state index in [0.29, 0.717) is 4.99 Å². The fraction of sp³-hybridized carbons (Fsp3) is 0.533. The molecule has 1 fully saturated rings. The molecule has 2 nitrogen and oxygen atoms in total. The van der Waals surface area contributed by atoms with E-state index >= 15 is 0 Å². The van der Waals surface area contributed by atoms with Gasteiger partial charge in [0.1, 0.15) is 4.99 Å². The van der Waals surface area contributed by atoms with Gasteiger partial charge in [-0.25, -0.2) is 0 Å². The van der Waals surface area contributed by atoms with E-state index in [9.17, 15) is 0 Å². The van der Waals surface area contributed by atoms with Crippen LogP contribution in [0.15, 0.2) is 22.7 Å². The standard InChI is InChI=1S/C15H21BrN2S/c1-2-3-11-6-8-18(9-7-11)12-4-5-13(15(17)19)14(16)10-12/h4-5,10-11H,2-3,6-9H2,1H3,(H2,17,19). The zero-order valence-electron chi connectivity index (χ0n) is 11.4. The lowest BCUT2D eigenvalue weighted by molar-refractivity contribution is 0.378. The van der Waals surface area contributed by atoms with Crippen molar-refractivity contribution in [1.29, 1.82) is 0 Å². The van der Waals surface area contributed by atoms with Crippen LogP contribution in [0.1, 0.15) is 38.2 Å². The molecule has 1 aromatic carbocycles. The van der Waals surface area contributed by atoms with Crippen molar-refractivity contribution < 1.29 is 0 Å². The first-order chi connectivity index (χ1) is 9.11. The lowest BCUT2D eigenvalue weighted by Crippen LogP contribution is -2.33. The predicted molar refractivity (Wildman–Crippen MR) is 89.9 cm³/mol. The van der Waals surface area contributed by atoms with Crippen LogP contribution in [0.5, 0.6) is 0 Å². The number of hydrogen-bond acceptors (Lipinski definition) is 2. The summed E-state index contributed by atoms with van der Waals surface area (Å²) in [6, 6.07) is 6.27. The molecule has 0 saturated carbocycles. The van der Waals surface area contributed by atoms with E-state index in [0.717, 1.165) is 29.0 Å². The average Bonchev–Trinajstić information content (AvgIpc) is 2.39. The number of anilines is 1. The minimum Gasteiger partial charge on any atom is -0.389 e. The fourth-order valence-corrected chi connectivity index (χ4v) is 3.68. The lowest BCUT2D eigenvalue weighted by atomic mass is 9.92. The third kappa shape index (κ3) is 3.69. The zero-order chi connectivity index (χ0) is 13.8. The molecule has 0 unspecified atom stereocenters. The molecule has 1 aromatic rings. The number of nitrogens with two attached hydrogens (primary N) is 1. The molecule has 0 spiro atoms. The zero-order valence-corrected chi connectivity index (χ0v) is 13.8. The Morgan fingerprint density at radius 3 is 2.63 bits per heavy atom. The summed E-state index contributed by atoms with van der Waals surface area (Å²) < 4.78 is 0.994. The summed E-state index contributed by atoms with van der Waals surface area (Å²) in [7, 11) is 0. The van der Waals surface area contributed by atoms with Crippen LogP contribution in [0.4, 0.5) is 5.69 Å². The van der Waals surface area contributed by atoms with Crippen molar-refractivity contribution in [3.63, 3.8) is 0 Å². The molecular weight excluding hydrogens is 320 g/mol. The number of nitrogens with zero attached hydrogens (tertiary/aromatic N) is 1. The molecule has 104 valence electrons. The lowest BCUT2D eigenvalue weighted by Gasteiger charge is -2.33. The van der Waals surface area contributed by atoms with Gasteiger partial charge in [0.15, 0.2) is 0 Å². The molecule has 1 heterocycles. The molecule has 1 saturated heterocycles. The van der Waals surface area contributed by atoms with Gasteiger partial charge in [-0.3, -0.25) is 0 Å². The third-order valence-corrected chi connectivity index (χ3v) is 4.77. The number of thiocarbonyl (C=S) groups is 1. The maximum absolute atomic E-state index is 5.68. The van der Waals surface area contributed by atoms with E-state index in [1.165, 1.54) is 31.4 Å². The van der Waals surface area contributed by atoms with E-state index in [1.807, 2.05) is 6.07 Å². The Balaban J connectivity index is 2.04. The van der Waals surface area contributed by atoms with Crippen molar-refractivity contribution >= 4 is 38.8 Å². The van der Waals surface area contributed by atoms with Gasteiger partial charge in [-0.05, 0) is 52.9 Å². The van der Waals surface area contributed by atoms with Crippen LogP contribution >= 0.6 is 28.1 Å². The molecule has 0 amide bonds. The van der Waals surface area contributed by atoms with E-state index in [1.54, 1.807) is 0 Å². The first-order valence-corrected chi connectivity index (χ1v) is 8.16. The van der Waals surface area contributed by atoms with Crippen LogP contribution < -0.4 is 10.6 Å². The minimum atomic E-state index is 0.445. The van der Waals surface area contributed by atoms with Crippen LogP contribution in [0, 0.1) is 5.92 Å². The van der Waals surface area contributed by atoms with Gasteiger partial charge in [0.05, 0.1) is 0 Å². The van der Waals surface area contributed by atoms with Gasteiger partial charge in [0, 0.05) is 28.8 Å². The Bertz CT molecular complexity index is 453. The summed E-state index contributed by atoms with van der Waals surface area (Å²) in [5, 5.41) is 0. The molecule has 2 N–H and O–H groups in total. The van der Waals surface area contributed by atoms with Crippen molar-refractivity contribution in [3.8, 4) is 0 Å². The van der Waals surface area contributed by atoms with Crippen LogP contribution in [0.2, 0.25) is 0 Å². The number of benzene rings is 1. The van der Waals surface area contributed by atoms with Gasteiger partial charge < -0.3 is 10.6 Å². The molecule has 0 radical (unpaired) electrons. The van der Waals surface area contributed by atoms with Crippen molar-refractivity contribution in [2.45, 2.75) is 32.6 Å². The van der Waals surface area contributed by atoms with Gasteiger partial charge in [-0.2, -0.15) is 0 Å². The van der Waals surface area contributed by atoms with E-state index in [4.69, 9.17) is 18.0 Å². The molecule has 1 aliphatic rings. The number of rotatable bonds is 4. The predicted octanol–water partition coefficient (Wildman–Crippen LogP) is 4.10. The summed E-state index contributed by atoms with van der Waals surface area (Å²) in [5.41, 5.74) is 7.86. The normalized spacial score (nSPS) is 16.6. The first-order valence-electron chi connectivity index (χ1n) is 6.96. The number of hydrogen-bond donors (Lipinski definition) is 1. The highest BCUT2D eigenvalue weighted by atomic mass is 79.9. The smallest absolute Gasteiger partial charge is 0.105 e. The van der Waals surface area contributed by atoms with E-state index < -0.39 is 0 Å². The summed E-state index contributed by atoms with van der Waals surface area (Å²) in [5.74, 6) is 0.917. The molecule has 0 atom stereocenters. The molecule has 4 heteroatoms. The third-order valence-electron chi connectivity index (χ3n) is 3.89. The molecule has 1 aliphatic heterocycles. The Labute approximate surface area is 129 Å². The molecular formula is C15H21BrN2S. The number of halogens is 1. The summed E-state index contributed by atoms with van der Waals surface area (Å²) in [6.45, 7) is 4.59. The highest BCUT2D eigenvalue weighted by Crippen LogP contribution is 2.29. The molecule has 0 bridgehead atoms. The molecule has 0 aromatic heterocycles. The van der Waals surface area contributed by atoms with Crippen LogP contribution in [0.3, 0.4) is 0 Å². The van der Waals surface area contributed by atoms with Gasteiger partial charge in [0.2, 0.25) is 0 Å². The molecule has 2 rings (SSSR count). The van der Waals surface area contributed by atoms with Crippen LogP contribution in [0.25, 0.3) is 0 Å². The number of piperidine rings is 1. The second-order valence-electron chi connectivity index (χ2n) is 5.25. The second-order valence-corrected chi connectivity index (χ2v) is 6.54. The SMILES string of the molecule is CCCC1CCN(c2ccc(C(N)=S)c(Br)c2)CC1. The maximum Gasteiger partial charge on any atom is 0.105 e. The van der Waals surface area contributed by atoms with Crippen LogP contribution in [-0.2, 0) is 0 Å². The van der Waals surface area contributed by atoms with Crippen molar-refractivity contribution in [1.82, 2.24) is 0 Å². The maximum atomic E-state index is 5.68. The van der Waals surface area contributed by atoms with Crippen molar-refractivity contribution in [3.05, 3.63) is 28.2 Å². The van der Waals surface area contributed by atoms with Crippen molar-refractivity contribution in [2.75, 3.05) is 18.0 Å². The molecule has 19 heavy (non-hydrogen) atoms. The average molecular weight is 341 g/mol. The first kappa shape index (κ1) is 14.8. The summed E-state index contributed by atoms with van der Waals surface area (Å²) >= 11 is 8.58. The summed E-state index contributed by atoms with van der Waals surface area (Å²) in [4.78, 5) is 2.90. The van der Waals surface area contributed by atoms with Gasteiger partial charge >= 0.3 is 0 Å². The minimum absolute atomic E-state index is 0.445. The Morgan fingerprint density at radius 1 is 1.42 bits per heavy atom. The topological polar surface area (TPSA) is 29.3 Å². The highest BCUT2D eigenvalue weighted by molar-refractivity contribution is 9.10. The summed E-state index contributed by atoms with van der Waals surface area (Å²) in [6.07, 6.45) is 5.29. The highest BCUT2D eigenvalue weighted by Gasteiger charge is 2.19. The fourth-order valence-electron chi connectivity index (χ4n) is 2.79. The van der Waals surface area contributed by atoms with Crippen LogP contribution in [-0.4, -0.2) is 18.1 Å². The quantitative estimate of drug-likeness (QED) is 0.836.